The fraction of sp³-hybridized carbons (Fsp3) is 0.250. The lowest BCUT2D eigenvalue weighted by molar-refractivity contribution is 0.0638. The highest BCUT2D eigenvalue weighted by Gasteiger charge is 2.35. The molecule has 4 amide bonds. The minimum Gasteiger partial charge on any atom is -0.508 e. The van der Waals surface area contributed by atoms with E-state index in [1.165, 1.54) is 29.2 Å². The predicted octanol–water partition coefficient (Wildman–Crippen LogP) is 2.98. The fourth-order valence-electron chi connectivity index (χ4n) is 3.01. The van der Waals surface area contributed by atoms with Crippen molar-refractivity contribution < 1.29 is 24.2 Å². The summed E-state index contributed by atoms with van der Waals surface area (Å²) in [5, 5.41) is 14.8. The summed E-state index contributed by atoms with van der Waals surface area (Å²) < 4.78 is 4.96. The van der Waals surface area contributed by atoms with Crippen LogP contribution >= 0.6 is 0 Å². The Hall–Kier alpha value is -3.39. The molecule has 0 aromatic heterocycles. The number of phenolic OH excluding ortho intramolecular Hbond substituents is 1. The Morgan fingerprint density at radius 1 is 1.07 bits per heavy atom. The molecule has 1 heterocycles. The number of phenols is 1. The minimum atomic E-state index is -0.498. The van der Waals surface area contributed by atoms with E-state index in [4.69, 9.17) is 4.74 Å². The number of hydrogen-bond acceptors (Lipinski definition) is 5. The van der Waals surface area contributed by atoms with Gasteiger partial charge < -0.3 is 20.5 Å². The van der Waals surface area contributed by atoms with Gasteiger partial charge in [0.1, 0.15) is 5.75 Å². The van der Waals surface area contributed by atoms with Gasteiger partial charge in [0.15, 0.2) is 0 Å². The second kappa shape index (κ2) is 8.10. The number of aryl methyl sites for hydroxylation is 1. The van der Waals surface area contributed by atoms with E-state index in [-0.39, 0.29) is 29.7 Å². The minimum absolute atomic E-state index is 0.111. The van der Waals surface area contributed by atoms with Crippen LogP contribution in [-0.2, 0) is 4.74 Å². The van der Waals surface area contributed by atoms with E-state index in [1.807, 2.05) is 0 Å². The van der Waals surface area contributed by atoms with Gasteiger partial charge in [0.05, 0.1) is 11.1 Å². The van der Waals surface area contributed by atoms with Crippen molar-refractivity contribution in [1.82, 2.24) is 4.90 Å². The average molecular weight is 383 g/mol. The zero-order valence-electron chi connectivity index (χ0n) is 15.6. The number of nitrogens with one attached hydrogen (secondary N) is 2. The summed E-state index contributed by atoms with van der Waals surface area (Å²) in [6, 6.07) is 8.71. The van der Waals surface area contributed by atoms with Gasteiger partial charge in [-0.25, -0.2) is 4.79 Å². The quantitative estimate of drug-likeness (QED) is 0.404. The molecule has 0 unspecified atom stereocenters. The first kappa shape index (κ1) is 19.4. The van der Waals surface area contributed by atoms with Gasteiger partial charge in [-0.05, 0) is 55.3 Å². The maximum absolute atomic E-state index is 12.5. The molecule has 2 aromatic carbocycles. The number of hydrogen-bond donors (Lipinski definition) is 3. The van der Waals surface area contributed by atoms with Gasteiger partial charge in [0.25, 0.3) is 11.8 Å². The van der Waals surface area contributed by atoms with Crippen molar-refractivity contribution in [3.8, 4) is 5.75 Å². The molecule has 0 aliphatic carbocycles. The van der Waals surface area contributed by atoms with E-state index < -0.39 is 6.03 Å². The Morgan fingerprint density at radius 2 is 1.82 bits per heavy atom. The molecule has 1 aliphatic heterocycles. The number of nitrogens with zero attached hydrogens (tertiary/aromatic N) is 1. The average Bonchev–Trinajstić information content (AvgIpc) is 2.89. The van der Waals surface area contributed by atoms with E-state index in [0.29, 0.717) is 35.5 Å². The zero-order valence-corrected chi connectivity index (χ0v) is 15.6. The molecule has 8 heteroatoms. The molecule has 3 rings (SSSR count). The lowest BCUT2D eigenvalue weighted by Crippen LogP contribution is -2.31. The van der Waals surface area contributed by atoms with Gasteiger partial charge >= 0.3 is 6.03 Å². The molecule has 146 valence electrons. The molecule has 0 bridgehead atoms. The van der Waals surface area contributed by atoms with Crippen LogP contribution in [0.5, 0.6) is 5.75 Å². The first-order chi connectivity index (χ1) is 13.4. The Bertz CT molecular complexity index is 941. The van der Waals surface area contributed by atoms with Crippen LogP contribution in [0, 0.1) is 6.92 Å². The maximum Gasteiger partial charge on any atom is 0.323 e. The molecule has 28 heavy (non-hydrogen) atoms. The number of benzene rings is 2. The third-order valence-electron chi connectivity index (χ3n) is 4.42. The molecule has 8 nitrogen and oxygen atoms in total. The van der Waals surface area contributed by atoms with Crippen molar-refractivity contribution in [1.29, 1.82) is 0 Å². The predicted molar refractivity (Wildman–Crippen MR) is 104 cm³/mol. The van der Waals surface area contributed by atoms with Crippen LogP contribution in [0.2, 0.25) is 0 Å². The molecule has 0 saturated carbocycles. The third-order valence-corrected chi connectivity index (χ3v) is 4.42. The van der Waals surface area contributed by atoms with Crippen LogP contribution in [0.25, 0.3) is 0 Å². The number of imide groups is 1. The highest BCUT2D eigenvalue weighted by Crippen LogP contribution is 2.26. The summed E-state index contributed by atoms with van der Waals surface area (Å²) in [5.74, 6) is -0.610. The van der Waals surface area contributed by atoms with Gasteiger partial charge in [-0.15, -0.1) is 0 Å². The molecule has 0 atom stereocenters. The lowest BCUT2D eigenvalue weighted by atomic mass is 10.1. The van der Waals surface area contributed by atoms with Gasteiger partial charge in [-0.2, -0.15) is 0 Å². The highest BCUT2D eigenvalue weighted by atomic mass is 16.5. The number of aromatic hydroxyl groups is 1. The van der Waals surface area contributed by atoms with Gasteiger partial charge in [0, 0.05) is 31.6 Å². The number of amides is 4. The number of anilines is 2. The molecule has 1 aliphatic rings. The van der Waals surface area contributed by atoms with Crippen LogP contribution < -0.4 is 10.6 Å². The van der Waals surface area contributed by atoms with Crippen molar-refractivity contribution in [3.63, 3.8) is 0 Å². The summed E-state index contributed by atoms with van der Waals surface area (Å²) in [5.41, 5.74) is 2.24. The summed E-state index contributed by atoms with van der Waals surface area (Å²) in [7, 11) is 1.56. The number of ether oxygens (including phenoxy) is 1. The van der Waals surface area contributed by atoms with E-state index >= 15 is 0 Å². The molecule has 3 N–H and O–H groups in total. The van der Waals surface area contributed by atoms with Crippen molar-refractivity contribution in [2.45, 2.75) is 13.3 Å². The van der Waals surface area contributed by atoms with Crippen LogP contribution in [0.4, 0.5) is 16.2 Å². The Morgan fingerprint density at radius 3 is 2.54 bits per heavy atom. The molecule has 0 saturated heterocycles. The smallest absolute Gasteiger partial charge is 0.323 e. The number of carbonyl (C=O) groups excluding carboxylic acids is 3. The van der Waals surface area contributed by atoms with Crippen LogP contribution in [0.3, 0.4) is 0 Å². The largest absolute Gasteiger partial charge is 0.508 e. The van der Waals surface area contributed by atoms with Crippen LogP contribution in [0.15, 0.2) is 36.4 Å². The van der Waals surface area contributed by atoms with Crippen molar-refractivity contribution in [2.24, 2.45) is 0 Å². The highest BCUT2D eigenvalue weighted by molar-refractivity contribution is 6.22. The standard InChI is InChI=1S/C20H21N3O5/c1-12-10-14(24)5-7-17(12)22-20(27)21-13-4-6-15-16(11-13)19(26)23(18(15)25)8-3-9-28-2/h4-7,10-11,24H,3,8-9H2,1-2H3,(H2,21,22,27). The van der Waals surface area contributed by atoms with Crippen molar-refractivity contribution in [2.75, 3.05) is 30.9 Å². The van der Waals surface area contributed by atoms with E-state index in [1.54, 1.807) is 26.2 Å². The first-order valence-corrected chi connectivity index (χ1v) is 8.77. The maximum atomic E-state index is 12.5. The fourth-order valence-corrected chi connectivity index (χ4v) is 3.01. The van der Waals surface area contributed by atoms with Crippen LogP contribution in [0.1, 0.15) is 32.7 Å². The normalized spacial score (nSPS) is 12.9. The van der Waals surface area contributed by atoms with Crippen molar-refractivity contribution >= 4 is 29.2 Å². The molecule has 0 fully saturated rings. The molecular formula is C20H21N3O5. The van der Waals surface area contributed by atoms with Gasteiger partial charge in [-0.3, -0.25) is 14.5 Å². The molecule has 0 radical (unpaired) electrons. The van der Waals surface area contributed by atoms with E-state index in [2.05, 4.69) is 10.6 Å². The molecular weight excluding hydrogens is 362 g/mol. The number of rotatable bonds is 6. The number of fused-ring (bicyclic) bond motifs is 1. The monoisotopic (exact) mass is 383 g/mol. The van der Waals surface area contributed by atoms with Gasteiger partial charge in [0.2, 0.25) is 0 Å². The second-order valence-electron chi connectivity index (χ2n) is 6.45. The topological polar surface area (TPSA) is 108 Å². The summed E-state index contributed by atoms with van der Waals surface area (Å²) in [6.45, 7) is 2.49. The Labute approximate surface area is 162 Å². The van der Waals surface area contributed by atoms with E-state index in [0.717, 1.165) is 0 Å². The number of carbonyl (C=O) groups is 3. The number of methoxy groups -OCH3 is 1. The lowest BCUT2D eigenvalue weighted by Gasteiger charge is -2.12. The SMILES string of the molecule is COCCCN1C(=O)c2ccc(NC(=O)Nc3ccc(O)cc3C)cc2C1=O. The first-order valence-electron chi connectivity index (χ1n) is 8.77. The summed E-state index contributed by atoms with van der Waals surface area (Å²) >= 11 is 0. The summed E-state index contributed by atoms with van der Waals surface area (Å²) in [6.07, 6.45) is 0.557. The van der Waals surface area contributed by atoms with Crippen molar-refractivity contribution in [3.05, 3.63) is 53.1 Å². The third kappa shape index (κ3) is 3.96. The molecule has 2 aromatic rings. The van der Waals surface area contributed by atoms with Gasteiger partial charge in [-0.1, -0.05) is 0 Å². The van der Waals surface area contributed by atoms with Crippen LogP contribution in [-0.4, -0.2) is 48.1 Å². The Kier molecular flexibility index (Phi) is 5.60. The Balaban J connectivity index is 1.70. The molecule has 0 spiro atoms. The zero-order chi connectivity index (χ0) is 20.3. The number of urea groups is 1. The summed E-state index contributed by atoms with van der Waals surface area (Å²) in [4.78, 5) is 38.3. The second-order valence-corrected chi connectivity index (χ2v) is 6.45. The van der Waals surface area contributed by atoms with E-state index in [9.17, 15) is 19.5 Å².